The Morgan fingerprint density at radius 2 is 1.56 bits per heavy atom. The molecule has 0 aromatic heterocycles. The quantitative estimate of drug-likeness (QED) is 0.477. The Hall–Kier alpha value is -3.23. The van der Waals surface area contributed by atoms with Gasteiger partial charge in [-0.15, -0.1) is 0 Å². The highest BCUT2D eigenvalue weighted by atomic mass is 32.2. The van der Waals surface area contributed by atoms with Crippen LogP contribution in [0.25, 0.3) is 11.1 Å². The molecule has 0 heterocycles. The maximum atomic E-state index is 12.2. The van der Waals surface area contributed by atoms with E-state index in [-0.39, 0.29) is 12.5 Å². The fraction of sp³-hybridized carbons (Fsp3) is 0.0909. The van der Waals surface area contributed by atoms with Gasteiger partial charge in [-0.25, -0.2) is 4.79 Å². The van der Waals surface area contributed by atoms with Crippen molar-refractivity contribution in [3.63, 3.8) is 0 Å². The smallest absolute Gasteiger partial charge is 0.411 e. The fourth-order valence-corrected chi connectivity index (χ4v) is 3.79. The highest BCUT2D eigenvalue weighted by Gasteiger charge is 2.28. The zero-order valence-electron chi connectivity index (χ0n) is 14.4. The number of hydrogen-bond donors (Lipinski definition) is 1. The Kier molecular flexibility index (Phi) is 4.82. The van der Waals surface area contributed by atoms with Gasteiger partial charge in [0.15, 0.2) is 0 Å². The maximum Gasteiger partial charge on any atom is 0.411 e. The molecule has 0 aliphatic heterocycles. The molecule has 0 atom stereocenters. The number of anilines is 1. The number of thiocyanates is 1. The van der Waals surface area contributed by atoms with Crippen molar-refractivity contribution in [2.24, 2.45) is 0 Å². The molecule has 4 rings (SSSR count). The van der Waals surface area contributed by atoms with Crippen molar-refractivity contribution in [2.75, 3.05) is 11.9 Å². The summed E-state index contributed by atoms with van der Waals surface area (Å²) in [7, 11) is 0. The second-order valence-corrected chi connectivity index (χ2v) is 7.03. The lowest BCUT2D eigenvalue weighted by Crippen LogP contribution is -2.17. The van der Waals surface area contributed by atoms with Crippen LogP contribution in [-0.2, 0) is 4.74 Å². The highest BCUT2D eigenvalue weighted by Crippen LogP contribution is 2.44. The maximum absolute atomic E-state index is 12.2. The van der Waals surface area contributed by atoms with E-state index in [4.69, 9.17) is 10.00 Å². The lowest BCUT2D eigenvalue weighted by molar-refractivity contribution is 0.158. The molecule has 4 nitrogen and oxygen atoms in total. The van der Waals surface area contributed by atoms with E-state index >= 15 is 0 Å². The van der Waals surface area contributed by atoms with Crippen LogP contribution in [0.3, 0.4) is 0 Å². The Balaban J connectivity index is 1.44. The van der Waals surface area contributed by atoms with Crippen LogP contribution in [0.15, 0.2) is 77.7 Å². The number of nitrogens with zero attached hydrogens (tertiary/aromatic N) is 1. The third-order valence-electron chi connectivity index (χ3n) is 4.61. The molecule has 1 amide bonds. The monoisotopic (exact) mass is 372 g/mol. The van der Waals surface area contributed by atoms with Crippen LogP contribution in [-0.4, -0.2) is 12.7 Å². The van der Waals surface area contributed by atoms with Crippen molar-refractivity contribution >= 4 is 23.5 Å². The molecule has 0 saturated heterocycles. The second-order valence-electron chi connectivity index (χ2n) is 6.17. The molecule has 0 bridgehead atoms. The first kappa shape index (κ1) is 17.2. The predicted molar refractivity (Wildman–Crippen MR) is 107 cm³/mol. The standard InChI is InChI=1S/C22H16N2O2S/c23-14-27-16-11-9-15(10-12-16)24-22(25)26-13-21-19-7-3-1-5-17(19)18-6-2-4-8-20(18)21/h1-12,21H,13H2,(H,24,25). The molecule has 3 aromatic carbocycles. The Bertz CT molecular complexity index is 979. The van der Waals surface area contributed by atoms with Gasteiger partial charge >= 0.3 is 6.09 Å². The first-order valence-electron chi connectivity index (χ1n) is 8.54. The van der Waals surface area contributed by atoms with Crippen molar-refractivity contribution in [2.45, 2.75) is 10.8 Å². The number of thioether (sulfide) groups is 1. The molecule has 0 radical (unpaired) electrons. The van der Waals surface area contributed by atoms with E-state index in [2.05, 4.69) is 29.6 Å². The summed E-state index contributed by atoms with van der Waals surface area (Å²) in [4.78, 5) is 13.0. The minimum Gasteiger partial charge on any atom is -0.448 e. The van der Waals surface area contributed by atoms with Crippen LogP contribution < -0.4 is 5.32 Å². The molecule has 132 valence electrons. The Morgan fingerprint density at radius 3 is 2.15 bits per heavy atom. The molecule has 0 spiro atoms. The summed E-state index contributed by atoms with van der Waals surface area (Å²) in [5, 5.41) is 13.4. The third-order valence-corrected chi connectivity index (χ3v) is 5.21. The lowest BCUT2D eigenvalue weighted by atomic mass is 9.98. The molecular formula is C22H16N2O2S. The van der Waals surface area contributed by atoms with Gasteiger partial charge in [-0.2, -0.15) is 5.26 Å². The molecule has 0 unspecified atom stereocenters. The fourth-order valence-electron chi connectivity index (χ4n) is 3.41. The number of ether oxygens (including phenoxy) is 1. The van der Waals surface area contributed by atoms with Gasteiger partial charge in [0.2, 0.25) is 0 Å². The number of carbonyl (C=O) groups excluding carboxylic acids is 1. The third kappa shape index (κ3) is 3.53. The van der Waals surface area contributed by atoms with Crippen LogP contribution >= 0.6 is 11.8 Å². The van der Waals surface area contributed by atoms with Gasteiger partial charge in [0.1, 0.15) is 12.0 Å². The Labute approximate surface area is 161 Å². The number of nitriles is 1. The lowest BCUT2D eigenvalue weighted by Gasteiger charge is -2.14. The summed E-state index contributed by atoms with van der Waals surface area (Å²) in [6, 6.07) is 23.5. The van der Waals surface area contributed by atoms with E-state index in [1.165, 1.54) is 22.3 Å². The minimum absolute atomic E-state index is 0.0394. The summed E-state index contributed by atoms with van der Waals surface area (Å²) in [5.41, 5.74) is 5.41. The van der Waals surface area contributed by atoms with E-state index in [0.717, 1.165) is 16.7 Å². The first-order valence-corrected chi connectivity index (χ1v) is 9.36. The van der Waals surface area contributed by atoms with Crippen LogP contribution in [0.4, 0.5) is 10.5 Å². The molecule has 3 aromatic rings. The number of rotatable bonds is 4. The number of amides is 1. The normalized spacial score (nSPS) is 12.0. The van der Waals surface area contributed by atoms with Gasteiger partial charge < -0.3 is 4.74 Å². The zero-order valence-corrected chi connectivity index (χ0v) is 15.2. The van der Waals surface area contributed by atoms with Gasteiger partial charge in [-0.3, -0.25) is 5.32 Å². The van der Waals surface area contributed by atoms with E-state index in [0.29, 0.717) is 5.69 Å². The van der Waals surface area contributed by atoms with Gasteiger partial charge in [0.25, 0.3) is 0 Å². The van der Waals surface area contributed by atoms with Crippen molar-refractivity contribution in [1.29, 1.82) is 5.26 Å². The van der Waals surface area contributed by atoms with Crippen LogP contribution in [0.2, 0.25) is 0 Å². The highest BCUT2D eigenvalue weighted by molar-refractivity contribution is 8.03. The summed E-state index contributed by atoms with van der Waals surface area (Å²) in [6.45, 7) is 0.280. The minimum atomic E-state index is -0.488. The molecule has 0 saturated carbocycles. The first-order chi connectivity index (χ1) is 13.3. The number of benzene rings is 3. The molecular weight excluding hydrogens is 356 g/mol. The topological polar surface area (TPSA) is 62.1 Å². The average molecular weight is 372 g/mol. The molecule has 1 aliphatic rings. The van der Waals surface area contributed by atoms with E-state index in [9.17, 15) is 4.79 Å². The summed E-state index contributed by atoms with van der Waals surface area (Å²) in [6.07, 6.45) is -0.488. The van der Waals surface area contributed by atoms with Gasteiger partial charge in [-0.05, 0) is 58.3 Å². The number of carbonyl (C=O) groups is 1. The molecule has 1 aliphatic carbocycles. The number of nitrogens with one attached hydrogen (secondary N) is 1. The average Bonchev–Trinajstić information content (AvgIpc) is 3.02. The zero-order chi connectivity index (χ0) is 18.6. The van der Waals surface area contributed by atoms with E-state index in [1.54, 1.807) is 24.3 Å². The van der Waals surface area contributed by atoms with Gasteiger partial charge in [0.05, 0.1) is 0 Å². The number of hydrogen-bond acceptors (Lipinski definition) is 4. The van der Waals surface area contributed by atoms with Crippen molar-refractivity contribution in [3.05, 3.63) is 83.9 Å². The second kappa shape index (κ2) is 7.56. The van der Waals surface area contributed by atoms with Crippen molar-refractivity contribution < 1.29 is 9.53 Å². The van der Waals surface area contributed by atoms with E-state index < -0.39 is 6.09 Å². The van der Waals surface area contributed by atoms with Crippen LogP contribution in [0, 0.1) is 10.7 Å². The number of fused-ring (bicyclic) bond motifs is 3. The van der Waals surface area contributed by atoms with Crippen molar-refractivity contribution in [1.82, 2.24) is 0 Å². The summed E-state index contributed by atoms with van der Waals surface area (Å²) in [5.74, 6) is 0.0394. The van der Waals surface area contributed by atoms with Gasteiger partial charge in [0, 0.05) is 16.5 Å². The van der Waals surface area contributed by atoms with Crippen LogP contribution in [0.1, 0.15) is 17.0 Å². The molecule has 27 heavy (non-hydrogen) atoms. The SMILES string of the molecule is N#CSc1ccc(NC(=O)OCC2c3ccccc3-c3ccccc32)cc1. The van der Waals surface area contributed by atoms with E-state index in [1.807, 2.05) is 29.7 Å². The molecule has 0 fully saturated rings. The largest absolute Gasteiger partial charge is 0.448 e. The predicted octanol–water partition coefficient (Wildman–Crippen LogP) is 5.62. The van der Waals surface area contributed by atoms with Crippen molar-refractivity contribution in [3.8, 4) is 16.5 Å². The van der Waals surface area contributed by atoms with Gasteiger partial charge in [-0.1, -0.05) is 48.5 Å². The summed E-state index contributed by atoms with van der Waals surface area (Å²) >= 11 is 1.08. The molecule has 1 N–H and O–H groups in total. The summed E-state index contributed by atoms with van der Waals surface area (Å²) < 4.78 is 5.51. The molecule has 5 heteroatoms. The Morgan fingerprint density at radius 1 is 0.963 bits per heavy atom. The van der Waals surface area contributed by atoms with Crippen LogP contribution in [0.5, 0.6) is 0 Å².